The van der Waals surface area contributed by atoms with Crippen LogP contribution in [0, 0.1) is 0 Å². The topological polar surface area (TPSA) is 72.6 Å². The van der Waals surface area contributed by atoms with Crippen molar-refractivity contribution in [1.29, 1.82) is 0 Å². The quantitative estimate of drug-likeness (QED) is 0.686. The third-order valence-electron chi connectivity index (χ3n) is 3.02. The molecule has 1 heterocycles. The smallest absolute Gasteiger partial charge is 0.148 e. The van der Waals surface area contributed by atoms with Gasteiger partial charge in [0.15, 0.2) is 0 Å². The van der Waals surface area contributed by atoms with Gasteiger partial charge in [0, 0.05) is 32.0 Å². The van der Waals surface area contributed by atoms with Crippen molar-refractivity contribution >= 4 is 9.84 Å². The highest BCUT2D eigenvalue weighted by Gasteiger charge is 2.28. The molecule has 1 rings (SSSR count). The number of likely N-dealkylation sites (N-methyl/N-ethyl adjacent to an activating group) is 1. The van der Waals surface area contributed by atoms with Gasteiger partial charge in [-0.2, -0.15) is 0 Å². The summed E-state index contributed by atoms with van der Waals surface area (Å²) in [5.41, 5.74) is 5.72. The van der Waals surface area contributed by atoms with E-state index in [1.54, 1.807) is 0 Å². The van der Waals surface area contributed by atoms with Gasteiger partial charge in [0.2, 0.25) is 0 Å². The van der Waals surface area contributed by atoms with Crippen LogP contribution < -0.4 is 5.73 Å². The van der Waals surface area contributed by atoms with E-state index in [1.807, 2.05) is 11.9 Å². The predicted molar refractivity (Wildman–Crippen MR) is 64.2 cm³/mol. The molecule has 0 aromatic rings. The largest absolute Gasteiger partial charge is 0.377 e. The van der Waals surface area contributed by atoms with Crippen molar-refractivity contribution in [3.8, 4) is 0 Å². The lowest BCUT2D eigenvalue weighted by molar-refractivity contribution is 0.0396. The molecule has 0 bridgehead atoms. The molecule has 1 aliphatic rings. The molecule has 0 aliphatic carbocycles. The first-order chi connectivity index (χ1) is 7.44. The first-order valence-electron chi connectivity index (χ1n) is 5.63. The molecule has 2 unspecified atom stereocenters. The Morgan fingerprint density at radius 1 is 1.56 bits per heavy atom. The maximum Gasteiger partial charge on any atom is 0.148 e. The second-order valence-corrected chi connectivity index (χ2v) is 6.72. The van der Waals surface area contributed by atoms with Gasteiger partial charge in [-0.25, -0.2) is 8.42 Å². The van der Waals surface area contributed by atoms with E-state index in [-0.39, 0.29) is 17.9 Å². The van der Waals surface area contributed by atoms with Gasteiger partial charge in [-0.15, -0.1) is 0 Å². The monoisotopic (exact) mass is 250 g/mol. The maximum absolute atomic E-state index is 11.1. The van der Waals surface area contributed by atoms with Crippen molar-refractivity contribution in [2.45, 2.75) is 25.0 Å². The zero-order chi connectivity index (χ0) is 12.2. The maximum atomic E-state index is 11.1. The Hall–Kier alpha value is -0.170. The minimum Gasteiger partial charge on any atom is -0.377 e. The molecule has 2 N–H and O–H groups in total. The molecule has 0 radical (unpaired) electrons. The average Bonchev–Trinajstić information content (AvgIpc) is 2.68. The van der Waals surface area contributed by atoms with Crippen LogP contribution in [0.15, 0.2) is 0 Å². The van der Waals surface area contributed by atoms with Crippen molar-refractivity contribution in [2.75, 3.05) is 38.8 Å². The van der Waals surface area contributed by atoms with E-state index in [4.69, 9.17) is 10.5 Å². The van der Waals surface area contributed by atoms with Crippen LogP contribution in [0.25, 0.3) is 0 Å². The summed E-state index contributed by atoms with van der Waals surface area (Å²) in [6, 6.07) is 0.129. The van der Waals surface area contributed by atoms with Crippen LogP contribution in [-0.4, -0.2) is 64.2 Å². The van der Waals surface area contributed by atoms with Gasteiger partial charge in [0.25, 0.3) is 0 Å². The van der Waals surface area contributed by atoms with Crippen molar-refractivity contribution in [2.24, 2.45) is 5.73 Å². The zero-order valence-corrected chi connectivity index (χ0v) is 10.9. The van der Waals surface area contributed by atoms with Crippen molar-refractivity contribution in [3.63, 3.8) is 0 Å². The Balaban J connectivity index is 2.45. The minimum atomic E-state index is -2.91. The van der Waals surface area contributed by atoms with E-state index in [2.05, 4.69) is 0 Å². The fourth-order valence-electron chi connectivity index (χ4n) is 2.00. The highest BCUT2D eigenvalue weighted by atomic mass is 32.2. The number of hydrogen-bond acceptors (Lipinski definition) is 5. The minimum absolute atomic E-state index is 0.129. The molecule has 96 valence electrons. The van der Waals surface area contributed by atoms with Crippen LogP contribution in [0.3, 0.4) is 0 Å². The van der Waals surface area contributed by atoms with E-state index in [0.29, 0.717) is 13.1 Å². The number of nitrogens with zero attached hydrogens (tertiary/aromatic N) is 1. The first-order valence-corrected chi connectivity index (χ1v) is 7.69. The number of rotatable bonds is 6. The summed E-state index contributed by atoms with van der Waals surface area (Å²) in [6.45, 7) is 1.81. The molecule has 6 heteroatoms. The number of nitrogens with two attached hydrogens (primary N) is 1. The first kappa shape index (κ1) is 13.9. The fraction of sp³-hybridized carbons (Fsp3) is 1.00. The predicted octanol–water partition coefficient (Wildman–Crippen LogP) is -0.531. The Morgan fingerprint density at radius 2 is 2.25 bits per heavy atom. The highest BCUT2D eigenvalue weighted by Crippen LogP contribution is 2.18. The Morgan fingerprint density at radius 3 is 2.69 bits per heavy atom. The Labute approximate surface area is 97.9 Å². The third-order valence-corrected chi connectivity index (χ3v) is 3.94. The lowest BCUT2D eigenvalue weighted by atomic mass is 10.1. The van der Waals surface area contributed by atoms with E-state index < -0.39 is 9.84 Å². The highest BCUT2D eigenvalue weighted by molar-refractivity contribution is 7.90. The van der Waals surface area contributed by atoms with Crippen LogP contribution in [-0.2, 0) is 14.6 Å². The standard InChI is InChI=1S/C10H22N2O3S/c1-12(5-7-16(2,13)14)9(8-11)10-4-3-6-15-10/h9-10H,3-8,11H2,1-2H3. The summed E-state index contributed by atoms with van der Waals surface area (Å²) < 4.78 is 27.7. The molecular weight excluding hydrogens is 228 g/mol. The Bertz CT molecular complexity index is 299. The van der Waals surface area contributed by atoms with Crippen molar-refractivity contribution in [1.82, 2.24) is 4.90 Å². The van der Waals surface area contributed by atoms with Crippen LogP contribution in [0.2, 0.25) is 0 Å². The molecule has 0 saturated carbocycles. The van der Waals surface area contributed by atoms with Gasteiger partial charge in [-0.1, -0.05) is 0 Å². The summed E-state index contributed by atoms with van der Waals surface area (Å²) in [4.78, 5) is 2.00. The molecule has 5 nitrogen and oxygen atoms in total. The number of hydrogen-bond donors (Lipinski definition) is 1. The summed E-state index contributed by atoms with van der Waals surface area (Å²) in [5, 5.41) is 0. The van der Waals surface area contributed by atoms with Gasteiger partial charge in [0.1, 0.15) is 9.84 Å². The van der Waals surface area contributed by atoms with Crippen LogP contribution >= 0.6 is 0 Å². The lowest BCUT2D eigenvalue weighted by Gasteiger charge is -2.30. The molecule has 1 saturated heterocycles. The molecule has 0 aromatic carbocycles. The van der Waals surface area contributed by atoms with Crippen LogP contribution in [0.4, 0.5) is 0 Å². The van der Waals surface area contributed by atoms with E-state index in [9.17, 15) is 8.42 Å². The molecule has 2 atom stereocenters. The van der Waals surface area contributed by atoms with E-state index in [1.165, 1.54) is 6.26 Å². The molecule has 16 heavy (non-hydrogen) atoms. The van der Waals surface area contributed by atoms with Crippen molar-refractivity contribution in [3.05, 3.63) is 0 Å². The third kappa shape index (κ3) is 4.37. The van der Waals surface area contributed by atoms with Crippen LogP contribution in [0.5, 0.6) is 0 Å². The summed E-state index contributed by atoms with van der Waals surface area (Å²) >= 11 is 0. The summed E-state index contributed by atoms with van der Waals surface area (Å²) in [5.74, 6) is 0.173. The summed E-state index contributed by atoms with van der Waals surface area (Å²) in [7, 11) is -1.00. The van der Waals surface area contributed by atoms with Gasteiger partial charge in [-0.3, -0.25) is 4.90 Å². The van der Waals surface area contributed by atoms with Crippen molar-refractivity contribution < 1.29 is 13.2 Å². The van der Waals surface area contributed by atoms with E-state index in [0.717, 1.165) is 19.4 Å². The zero-order valence-electron chi connectivity index (χ0n) is 10.1. The van der Waals surface area contributed by atoms with Gasteiger partial charge in [0.05, 0.1) is 11.9 Å². The molecule has 1 aliphatic heterocycles. The number of sulfone groups is 1. The fourth-order valence-corrected chi connectivity index (χ4v) is 2.62. The normalized spacial score (nSPS) is 23.9. The molecule has 1 fully saturated rings. The summed E-state index contributed by atoms with van der Waals surface area (Å²) in [6.07, 6.45) is 3.51. The van der Waals surface area contributed by atoms with Gasteiger partial charge in [-0.05, 0) is 19.9 Å². The van der Waals surface area contributed by atoms with Gasteiger partial charge < -0.3 is 10.5 Å². The molecule has 0 amide bonds. The number of ether oxygens (including phenoxy) is 1. The lowest BCUT2D eigenvalue weighted by Crippen LogP contribution is -2.47. The average molecular weight is 250 g/mol. The Kier molecular flexibility index (Phi) is 5.17. The van der Waals surface area contributed by atoms with Crippen LogP contribution in [0.1, 0.15) is 12.8 Å². The molecule has 0 aromatic heterocycles. The molecule has 0 spiro atoms. The van der Waals surface area contributed by atoms with Gasteiger partial charge >= 0.3 is 0 Å². The second kappa shape index (κ2) is 5.95. The van der Waals surface area contributed by atoms with E-state index >= 15 is 0 Å². The SMILES string of the molecule is CN(CCS(C)(=O)=O)C(CN)C1CCCO1. The molecular formula is C10H22N2O3S. The second-order valence-electron chi connectivity index (χ2n) is 4.47.